The van der Waals surface area contributed by atoms with Gasteiger partial charge in [0.15, 0.2) is 5.60 Å². The van der Waals surface area contributed by atoms with E-state index in [2.05, 4.69) is 26.6 Å². The van der Waals surface area contributed by atoms with Crippen LogP contribution < -0.4 is 4.74 Å². The van der Waals surface area contributed by atoms with Gasteiger partial charge >= 0.3 is 5.92 Å². The molecule has 0 radical (unpaired) electrons. The Hall–Kier alpha value is -5.41. The Balaban J connectivity index is 1.30. The van der Waals surface area contributed by atoms with Crippen LogP contribution in [0.2, 0.25) is 0 Å². The molecule has 0 saturated carbocycles. The highest BCUT2D eigenvalue weighted by Gasteiger charge is 2.57. The van der Waals surface area contributed by atoms with Gasteiger partial charge in [-0.25, -0.2) is 13.5 Å². The molecule has 43 heavy (non-hydrogen) atoms. The summed E-state index contributed by atoms with van der Waals surface area (Å²) in [5.74, 6) is -5.86. The smallest absolute Gasteiger partial charge is 0.323 e. The fraction of sp³-hybridized carbons (Fsp3) is 0.129. The number of hydrogen-bond acceptors (Lipinski definition) is 7. The minimum Gasteiger partial charge on any atom is -0.489 e. The minimum atomic E-state index is -4.15. The van der Waals surface area contributed by atoms with Crippen LogP contribution in [0, 0.1) is 23.0 Å². The summed E-state index contributed by atoms with van der Waals surface area (Å²) in [6.45, 7) is -0.603. The van der Waals surface area contributed by atoms with E-state index in [-0.39, 0.29) is 0 Å². The van der Waals surface area contributed by atoms with Crippen LogP contribution in [0.5, 0.6) is 5.75 Å². The summed E-state index contributed by atoms with van der Waals surface area (Å²) in [7, 11) is 0. The van der Waals surface area contributed by atoms with E-state index < -0.39 is 41.0 Å². The maximum atomic E-state index is 15.9. The van der Waals surface area contributed by atoms with Crippen molar-refractivity contribution in [1.29, 1.82) is 5.26 Å². The Labute approximate surface area is 243 Å². The summed E-state index contributed by atoms with van der Waals surface area (Å²) in [6.07, 6.45) is 5.58. The van der Waals surface area contributed by atoms with Crippen LogP contribution >= 0.6 is 0 Å². The number of aromatic nitrogens is 5. The molecule has 0 aliphatic heterocycles. The first-order valence-electron chi connectivity index (χ1n) is 12.8. The minimum absolute atomic E-state index is 0.336. The van der Waals surface area contributed by atoms with E-state index in [1.807, 2.05) is 24.3 Å². The number of rotatable bonds is 10. The number of alkyl halides is 2. The zero-order valence-corrected chi connectivity index (χ0v) is 22.3. The van der Waals surface area contributed by atoms with Crippen molar-refractivity contribution in [1.82, 2.24) is 25.2 Å². The Bertz CT molecular complexity index is 1750. The third kappa shape index (κ3) is 6.42. The Morgan fingerprint density at radius 1 is 0.930 bits per heavy atom. The molecule has 8 nitrogen and oxygen atoms in total. The number of pyridine rings is 1. The molecule has 0 bridgehead atoms. The molecule has 5 aromatic rings. The standard InChI is InChI=1S/C31H22F4N6O2/c32-25-10-13-27(28(33)15-25)30(42,19-41-20-38-39-40-41)31(34,35)29-14-9-23(17-37-29)4-1-21-7-11-26(12-8-21)43-18-24-5-2-22(16-36)3-6-24/h1-15,17,20,42H,18-19H2/t30-/m0/s1. The Kier molecular flexibility index (Phi) is 8.27. The lowest BCUT2D eigenvalue weighted by Gasteiger charge is -2.35. The summed E-state index contributed by atoms with van der Waals surface area (Å²) in [4.78, 5) is 3.85. The second kappa shape index (κ2) is 12.2. The SMILES string of the molecule is N#Cc1ccc(COc2ccc(C=Cc3ccc(C(F)(F)[C@](O)(Cn4cnnn4)c4ccc(F)cc4F)nc3)cc2)cc1. The van der Waals surface area contributed by atoms with Crippen LogP contribution in [0.25, 0.3) is 12.2 Å². The maximum absolute atomic E-state index is 15.9. The third-order valence-corrected chi connectivity index (χ3v) is 6.62. The van der Waals surface area contributed by atoms with E-state index >= 15 is 8.78 Å². The molecule has 3 aromatic carbocycles. The molecule has 2 aromatic heterocycles. The van der Waals surface area contributed by atoms with Crippen molar-refractivity contribution in [2.75, 3.05) is 0 Å². The average molecular weight is 587 g/mol. The fourth-order valence-electron chi connectivity index (χ4n) is 4.28. The zero-order valence-electron chi connectivity index (χ0n) is 22.3. The van der Waals surface area contributed by atoms with Crippen LogP contribution in [0.3, 0.4) is 0 Å². The lowest BCUT2D eigenvalue weighted by atomic mass is 9.84. The molecule has 0 amide bonds. The van der Waals surface area contributed by atoms with Gasteiger partial charge < -0.3 is 9.84 Å². The second-order valence-electron chi connectivity index (χ2n) is 9.54. The molecular weight excluding hydrogens is 564 g/mol. The quantitative estimate of drug-likeness (QED) is 0.211. The van der Waals surface area contributed by atoms with Gasteiger partial charge in [-0.2, -0.15) is 14.0 Å². The molecule has 12 heteroatoms. The summed E-state index contributed by atoms with van der Waals surface area (Å²) in [5, 5.41) is 30.4. The molecule has 0 spiro atoms. The number of tetrazole rings is 1. The lowest BCUT2D eigenvalue weighted by molar-refractivity contribution is -0.207. The van der Waals surface area contributed by atoms with Gasteiger partial charge in [0.2, 0.25) is 0 Å². The van der Waals surface area contributed by atoms with Crippen molar-refractivity contribution in [2.24, 2.45) is 0 Å². The van der Waals surface area contributed by atoms with Gasteiger partial charge in [-0.1, -0.05) is 42.5 Å². The molecule has 0 saturated heterocycles. The van der Waals surface area contributed by atoms with Gasteiger partial charge in [0, 0.05) is 17.8 Å². The highest BCUT2D eigenvalue weighted by molar-refractivity contribution is 5.69. The van der Waals surface area contributed by atoms with Crippen LogP contribution in [0.15, 0.2) is 91.4 Å². The predicted octanol–water partition coefficient (Wildman–Crippen LogP) is 5.65. The molecular formula is C31H22F4N6O2. The Morgan fingerprint density at radius 3 is 2.28 bits per heavy atom. The molecule has 1 N–H and O–H groups in total. The van der Waals surface area contributed by atoms with Gasteiger partial charge in [0.25, 0.3) is 0 Å². The van der Waals surface area contributed by atoms with Gasteiger partial charge in [-0.05, 0) is 69.6 Å². The number of ether oxygens (including phenoxy) is 1. The van der Waals surface area contributed by atoms with E-state index in [0.717, 1.165) is 40.3 Å². The van der Waals surface area contributed by atoms with E-state index in [1.54, 1.807) is 36.4 Å². The molecule has 0 fully saturated rings. The summed E-state index contributed by atoms with van der Waals surface area (Å²) in [6, 6.07) is 20.7. The van der Waals surface area contributed by atoms with Crippen LogP contribution in [-0.2, 0) is 24.7 Å². The third-order valence-electron chi connectivity index (χ3n) is 6.62. The second-order valence-corrected chi connectivity index (χ2v) is 9.54. The predicted molar refractivity (Wildman–Crippen MR) is 147 cm³/mol. The van der Waals surface area contributed by atoms with Crippen molar-refractivity contribution in [3.8, 4) is 11.8 Å². The van der Waals surface area contributed by atoms with Crippen LogP contribution in [0.4, 0.5) is 17.6 Å². The van der Waals surface area contributed by atoms with Gasteiger partial charge in [-0.15, -0.1) is 5.10 Å². The number of aliphatic hydroxyl groups is 1. The lowest BCUT2D eigenvalue weighted by Crippen LogP contribution is -2.48. The van der Waals surface area contributed by atoms with E-state index in [1.165, 1.54) is 12.3 Å². The van der Waals surface area contributed by atoms with E-state index in [0.29, 0.717) is 29.5 Å². The number of halogens is 4. The maximum Gasteiger partial charge on any atom is 0.323 e. The van der Waals surface area contributed by atoms with Crippen molar-refractivity contribution in [3.05, 3.63) is 137 Å². The summed E-state index contributed by atoms with van der Waals surface area (Å²) < 4.78 is 66.6. The largest absolute Gasteiger partial charge is 0.489 e. The number of nitriles is 1. The molecule has 216 valence electrons. The summed E-state index contributed by atoms with van der Waals surface area (Å²) in [5.41, 5.74) is -2.12. The monoisotopic (exact) mass is 586 g/mol. The molecule has 0 aliphatic carbocycles. The van der Waals surface area contributed by atoms with Crippen molar-refractivity contribution >= 4 is 12.2 Å². The van der Waals surface area contributed by atoms with E-state index in [4.69, 9.17) is 10.00 Å². The first-order chi connectivity index (χ1) is 20.7. The van der Waals surface area contributed by atoms with Crippen molar-refractivity contribution < 1.29 is 27.4 Å². The summed E-state index contributed by atoms with van der Waals surface area (Å²) >= 11 is 0. The van der Waals surface area contributed by atoms with Gasteiger partial charge in [0.1, 0.15) is 36.0 Å². The molecule has 1 atom stereocenters. The molecule has 0 unspecified atom stereocenters. The zero-order chi connectivity index (χ0) is 30.5. The van der Waals surface area contributed by atoms with Crippen molar-refractivity contribution in [2.45, 2.75) is 24.7 Å². The topological polar surface area (TPSA) is 110 Å². The van der Waals surface area contributed by atoms with Crippen LogP contribution in [0.1, 0.15) is 33.5 Å². The highest BCUT2D eigenvalue weighted by atomic mass is 19.3. The first-order valence-corrected chi connectivity index (χ1v) is 12.8. The Morgan fingerprint density at radius 2 is 1.65 bits per heavy atom. The normalized spacial score (nSPS) is 13.0. The fourth-order valence-corrected chi connectivity index (χ4v) is 4.28. The van der Waals surface area contributed by atoms with Gasteiger partial charge in [-0.3, -0.25) is 4.98 Å². The number of nitrogens with zero attached hydrogens (tertiary/aromatic N) is 6. The van der Waals surface area contributed by atoms with Gasteiger partial charge in [0.05, 0.1) is 18.2 Å². The van der Waals surface area contributed by atoms with Crippen molar-refractivity contribution in [3.63, 3.8) is 0 Å². The highest BCUT2D eigenvalue weighted by Crippen LogP contribution is 2.46. The number of benzene rings is 3. The average Bonchev–Trinajstić information content (AvgIpc) is 3.52. The van der Waals surface area contributed by atoms with E-state index in [9.17, 15) is 13.9 Å². The molecule has 0 aliphatic rings. The molecule has 5 rings (SSSR count). The number of hydrogen-bond donors (Lipinski definition) is 1. The van der Waals surface area contributed by atoms with Crippen LogP contribution in [-0.4, -0.2) is 30.3 Å². The first kappa shape index (κ1) is 29.1. The molecule has 2 heterocycles.